The molecule has 0 aromatic carbocycles. The molecule has 1 aliphatic heterocycles. The van der Waals surface area contributed by atoms with E-state index < -0.39 is 0 Å². The maximum Gasteiger partial charge on any atom is 0.149 e. The van der Waals surface area contributed by atoms with Crippen molar-refractivity contribution < 1.29 is 0 Å². The summed E-state index contributed by atoms with van der Waals surface area (Å²) < 4.78 is 2.30. The van der Waals surface area contributed by atoms with Gasteiger partial charge < -0.3 is 9.88 Å². The smallest absolute Gasteiger partial charge is 0.149 e. The van der Waals surface area contributed by atoms with E-state index in [0.717, 1.165) is 36.2 Å². The highest BCUT2D eigenvalue weighted by molar-refractivity contribution is 7.10. The molecule has 0 saturated heterocycles. The molecule has 2 aromatic rings. The molecule has 0 amide bonds. The third-order valence-corrected chi connectivity index (χ3v) is 5.01. The summed E-state index contributed by atoms with van der Waals surface area (Å²) >= 11 is 7.63. The first kappa shape index (κ1) is 14.0. The monoisotopic (exact) mass is 310 g/mol. The first-order valence-electron chi connectivity index (χ1n) is 7.12. The van der Waals surface area contributed by atoms with Crippen molar-refractivity contribution in [3.05, 3.63) is 33.0 Å². The Hall–Kier alpha value is -0.910. The lowest BCUT2D eigenvalue weighted by atomic mass is 10.2. The lowest BCUT2D eigenvalue weighted by Crippen LogP contribution is -2.22. The molecule has 0 bridgehead atoms. The highest BCUT2D eigenvalue weighted by Crippen LogP contribution is 2.21. The van der Waals surface area contributed by atoms with E-state index in [0.29, 0.717) is 0 Å². The van der Waals surface area contributed by atoms with Gasteiger partial charge in [-0.3, -0.25) is 0 Å². The third kappa shape index (κ3) is 3.05. The lowest BCUT2D eigenvalue weighted by Gasteiger charge is -2.14. The SMILES string of the molecule is CC(NCc1cc(Cl)cs1)c1nnc2n1CCCCC2. The number of aromatic nitrogens is 3. The maximum absolute atomic E-state index is 5.94. The van der Waals surface area contributed by atoms with E-state index >= 15 is 0 Å². The summed E-state index contributed by atoms with van der Waals surface area (Å²) in [6.07, 6.45) is 4.80. The van der Waals surface area contributed by atoms with Crippen LogP contribution < -0.4 is 5.32 Å². The molecule has 1 unspecified atom stereocenters. The van der Waals surface area contributed by atoms with E-state index in [1.165, 1.54) is 24.1 Å². The average Bonchev–Trinajstić information content (AvgIpc) is 2.96. The number of rotatable bonds is 4. The zero-order valence-electron chi connectivity index (χ0n) is 11.6. The predicted molar refractivity (Wildman–Crippen MR) is 82.2 cm³/mol. The summed E-state index contributed by atoms with van der Waals surface area (Å²) in [5.41, 5.74) is 0. The second-order valence-electron chi connectivity index (χ2n) is 5.27. The van der Waals surface area contributed by atoms with Crippen LogP contribution in [-0.2, 0) is 19.5 Å². The molecule has 20 heavy (non-hydrogen) atoms. The van der Waals surface area contributed by atoms with Gasteiger partial charge in [-0.05, 0) is 25.8 Å². The zero-order chi connectivity index (χ0) is 13.9. The van der Waals surface area contributed by atoms with Crippen LogP contribution >= 0.6 is 22.9 Å². The molecule has 3 rings (SSSR count). The summed E-state index contributed by atoms with van der Waals surface area (Å²) in [5.74, 6) is 2.20. The largest absolute Gasteiger partial charge is 0.314 e. The highest BCUT2D eigenvalue weighted by atomic mass is 35.5. The molecule has 1 atom stereocenters. The van der Waals surface area contributed by atoms with Crippen LogP contribution in [0.3, 0.4) is 0 Å². The van der Waals surface area contributed by atoms with Crippen molar-refractivity contribution in [2.24, 2.45) is 0 Å². The Bertz CT molecular complexity index is 577. The van der Waals surface area contributed by atoms with Gasteiger partial charge >= 0.3 is 0 Å². The molecule has 6 heteroatoms. The van der Waals surface area contributed by atoms with Crippen LogP contribution in [0.1, 0.15) is 48.8 Å². The van der Waals surface area contributed by atoms with Crippen LogP contribution in [0.25, 0.3) is 0 Å². The van der Waals surface area contributed by atoms with Gasteiger partial charge in [0.1, 0.15) is 11.6 Å². The Morgan fingerprint density at radius 1 is 1.40 bits per heavy atom. The van der Waals surface area contributed by atoms with Crippen LogP contribution in [0, 0.1) is 0 Å². The summed E-state index contributed by atoms with van der Waals surface area (Å²) in [5, 5.41) is 15.0. The van der Waals surface area contributed by atoms with Crippen LogP contribution in [0.15, 0.2) is 11.4 Å². The van der Waals surface area contributed by atoms with Gasteiger partial charge in [-0.15, -0.1) is 21.5 Å². The minimum Gasteiger partial charge on any atom is -0.314 e. The second-order valence-corrected chi connectivity index (χ2v) is 6.70. The average molecular weight is 311 g/mol. The molecule has 0 fully saturated rings. The van der Waals surface area contributed by atoms with Gasteiger partial charge in [-0.1, -0.05) is 18.0 Å². The van der Waals surface area contributed by atoms with E-state index in [1.807, 2.05) is 11.4 Å². The van der Waals surface area contributed by atoms with Gasteiger partial charge in [0, 0.05) is 29.8 Å². The minimum atomic E-state index is 0.204. The number of nitrogens with one attached hydrogen (secondary N) is 1. The topological polar surface area (TPSA) is 42.7 Å². The van der Waals surface area contributed by atoms with Gasteiger partial charge in [0.2, 0.25) is 0 Å². The number of nitrogens with zero attached hydrogens (tertiary/aromatic N) is 3. The van der Waals surface area contributed by atoms with Gasteiger partial charge in [0.25, 0.3) is 0 Å². The fourth-order valence-corrected chi connectivity index (χ4v) is 3.64. The Morgan fingerprint density at radius 3 is 3.10 bits per heavy atom. The summed E-state index contributed by atoms with van der Waals surface area (Å²) in [6.45, 7) is 4.02. The van der Waals surface area contributed by atoms with Crippen molar-refractivity contribution in [3.8, 4) is 0 Å². The maximum atomic E-state index is 5.94. The van der Waals surface area contributed by atoms with Crippen LogP contribution in [0.2, 0.25) is 5.02 Å². The van der Waals surface area contributed by atoms with Crippen molar-refractivity contribution in [2.75, 3.05) is 0 Å². The molecule has 2 aromatic heterocycles. The van der Waals surface area contributed by atoms with Crippen molar-refractivity contribution in [1.82, 2.24) is 20.1 Å². The molecular formula is C14H19ClN4S. The van der Waals surface area contributed by atoms with Gasteiger partial charge in [-0.25, -0.2) is 0 Å². The first-order chi connectivity index (χ1) is 9.74. The van der Waals surface area contributed by atoms with E-state index in [1.54, 1.807) is 11.3 Å². The van der Waals surface area contributed by atoms with Crippen LogP contribution in [-0.4, -0.2) is 14.8 Å². The Labute approximate surface area is 128 Å². The molecule has 108 valence electrons. The van der Waals surface area contributed by atoms with Gasteiger partial charge in [0.05, 0.1) is 11.1 Å². The molecular weight excluding hydrogens is 292 g/mol. The van der Waals surface area contributed by atoms with Crippen molar-refractivity contribution in [2.45, 2.75) is 51.7 Å². The summed E-state index contributed by atoms with van der Waals surface area (Å²) in [6, 6.07) is 2.21. The lowest BCUT2D eigenvalue weighted by molar-refractivity contribution is 0.504. The Kier molecular flexibility index (Phi) is 4.38. The first-order valence-corrected chi connectivity index (χ1v) is 8.38. The number of fused-ring (bicyclic) bond motifs is 1. The van der Waals surface area contributed by atoms with Crippen LogP contribution in [0.5, 0.6) is 0 Å². The molecule has 0 radical (unpaired) electrons. The van der Waals surface area contributed by atoms with E-state index in [2.05, 4.69) is 27.0 Å². The predicted octanol–water partition coefficient (Wildman–Crippen LogP) is 3.57. The van der Waals surface area contributed by atoms with E-state index in [4.69, 9.17) is 11.6 Å². The normalized spacial score (nSPS) is 16.7. The van der Waals surface area contributed by atoms with Crippen molar-refractivity contribution in [1.29, 1.82) is 0 Å². The molecule has 1 N–H and O–H groups in total. The highest BCUT2D eigenvalue weighted by Gasteiger charge is 2.18. The molecule has 0 saturated carbocycles. The van der Waals surface area contributed by atoms with E-state index in [-0.39, 0.29) is 6.04 Å². The second kappa shape index (κ2) is 6.24. The van der Waals surface area contributed by atoms with Gasteiger partial charge in [0.15, 0.2) is 0 Å². The number of hydrogen-bond donors (Lipinski definition) is 1. The summed E-state index contributed by atoms with van der Waals surface area (Å²) in [7, 11) is 0. The number of aryl methyl sites for hydroxylation is 1. The number of halogens is 1. The number of hydrogen-bond acceptors (Lipinski definition) is 4. The molecule has 4 nitrogen and oxygen atoms in total. The van der Waals surface area contributed by atoms with Crippen molar-refractivity contribution in [3.63, 3.8) is 0 Å². The molecule has 1 aliphatic rings. The summed E-state index contributed by atoms with van der Waals surface area (Å²) in [4.78, 5) is 1.25. The molecule has 0 spiro atoms. The van der Waals surface area contributed by atoms with Crippen LogP contribution in [0.4, 0.5) is 0 Å². The fraction of sp³-hybridized carbons (Fsp3) is 0.571. The number of thiophene rings is 1. The van der Waals surface area contributed by atoms with Gasteiger partial charge in [-0.2, -0.15) is 0 Å². The van der Waals surface area contributed by atoms with E-state index in [9.17, 15) is 0 Å². The van der Waals surface area contributed by atoms with Crippen molar-refractivity contribution >= 4 is 22.9 Å². The Balaban J connectivity index is 1.68. The fourth-order valence-electron chi connectivity index (χ4n) is 2.62. The third-order valence-electron chi connectivity index (χ3n) is 3.73. The minimum absolute atomic E-state index is 0.204. The molecule has 3 heterocycles. The quantitative estimate of drug-likeness (QED) is 0.938. The zero-order valence-corrected chi connectivity index (χ0v) is 13.2. The molecule has 0 aliphatic carbocycles. The standard InChI is InChI=1S/C14H19ClN4S/c1-10(16-8-12-7-11(15)9-20-12)14-18-17-13-5-3-2-4-6-19(13)14/h7,9-10,16H,2-6,8H2,1H3. The Morgan fingerprint density at radius 2 is 2.30 bits per heavy atom.